The summed E-state index contributed by atoms with van der Waals surface area (Å²) < 4.78 is 0. The van der Waals surface area contributed by atoms with Crippen molar-refractivity contribution in [2.45, 2.75) is 12.8 Å². The van der Waals surface area contributed by atoms with Crippen molar-refractivity contribution in [1.82, 2.24) is 4.99 Å². The normalized spacial score (nSPS) is 15.5. The molecular weight excluding hydrogens is 126 g/mol. The highest BCUT2D eigenvalue weighted by Crippen LogP contribution is 2.05. The quantitative estimate of drug-likeness (QED) is 0.608. The minimum Gasteiger partial charge on any atom is -0.396 e. The third-order valence-corrected chi connectivity index (χ3v) is 1.37. The molecule has 0 saturated heterocycles. The number of hydrogen-bond acceptors (Lipinski definition) is 2. The van der Waals surface area contributed by atoms with E-state index in [2.05, 4.69) is 4.99 Å². The molecular formula is C8H11NO+. The Morgan fingerprint density at radius 2 is 2.40 bits per heavy atom. The fourth-order valence-electron chi connectivity index (χ4n) is 0.833. The maximum absolute atomic E-state index is 8.51. The van der Waals surface area contributed by atoms with Crippen LogP contribution in [0.1, 0.15) is 12.8 Å². The number of aliphatic hydroxyl groups excluding tert-OH is 1. The zero-order chi connectivity index (χ0) is 7.23. The molecule has 0 fully saturated rings. The number of allylic oxidation sites excluding steroid dienone is 3. The van der Waals surface area contributed by atoms with Gasteiger partial charge in [-0.3, -0.25) is 0 Å². The summed E-state index contributed by atoms with van der Waals surface area (Å²) in [5.41, 5.74) is 1.24. The Morgan fingerprint density at radius 1 is 1.50 bits per heavy atom. The number of nitrogens with zero attached hydrogens (tertiary/aromatic N) is 1. The average Bonchev–Trinajstić information content (AvgIpc) is 2.03. The first-order valence-corrected chi connectivity index (χ1v) is 3.43. The second kappa shape index (κ2) is 4.01. The van der Waals surface area contributed by atoms with E-state index in [1.807, 2.05) is 12.2 Å². The summed E-state index contributed by atoms with van der Waals surface area (Å²) in [6, 6.07) is 0. The van der Waals surface area contributed by atoms with E-state index < -0.39 is 0 Å². The van der Waals surface area contributed by atoms with Gasteiger partial charge in [-0.2, -0.15) is 0 Å². The lowest BCUT2D eigenvalue weighted by Gasteiger charge is -1.95. The molecule has 1 heterocycles. The van der Waals surface area contributed by atoms with Crippen molar-refractivity contribution in [3.63, 3.8) is 0 Å². The standard InChI is InChI=1S/C8H11NO/c10-7-1-2-8-3-5-9-6-4-8/h3-6,10H,1-2,7H2/q+1. The molecule has 0 bridgehead atoms. The Bertz CT molecular complexity index is 180. The molecule has 1 rings (SSSR count). The molecule has 2 heteroatoms. The molecule has 0 aliphatic carbocycles. The fourth-order valence-corrected chi connectivity index (χ4v) is 0.833. The number of rotatable bonds is 3. The Balaban J connectivity index is 2.35. The van der Waals surface area contributed by atoms with E-state index in [0.29, 0.717) is 0 Å². The molecule has 0 aromatic heterocycles. The van der Waals surface area contributed by atoms with Crippen LogP contribution in [0.4, 0.5) is 0 Å². The Labute approximate surface area is 60.6 Å². The van der Waals surface area contributed by atoms with Gasteiger partial charge in [0.25, 0.3) is 0 Å². The average molecular weight is 137 g/mol. The van der Waals surface area contributed by atoms with Crippen molar-refractivity contribution in [1.29, 1.82) is 0 Å². The van der Waals surface area contributed by atoms with Crippen LogP contribution in [0, 0.1) is 0 Å². The molecule has 0 saturated carbocycles. The van der Waals surface area contributed by atoms with Crippen LogP contribution in [0.5, 0.6) is 0 Å². The molecule has 0 unspecified atom stereocenters. The molecule has 1 N–H and O–H groups in total. The fraction of sp³-hybridized carbons (Fsp3) is 0.375. The molecule has 1 radical (unpaired) electrons. The predicted octanol–water partition coefficient (Wildman–Crippen LogP) is 0.619. The summed E-state index contributed by atoms with van der Waals surface area (Å²) in [6.07, 6.45) is 9.26. The van der Waals surface area contributed by atoms with Gasteiger partial charge >= 0.3 is 0 Å². The van der Waals surface area contributed by atoms with E-state index in [4.69, 9.17) is 5.11 Å². The first-order valence-electron chi connectivity index (χ1n) is 3.43. The van der Waals surface area contributed by atoms with Crippen LogP contribution < -0.4 is 4.99 Å². The maximum atomic E-state index is 8.51. The van der Waals surface area contributed by atoms with Crippen LogP contribution in [0.2, 0.25) is 0 Å². The summed E-state index contributed by atoms with van der Waals surface area (Å²) in [5.74, 6) is 0. The second-order valence-corrected chi connectivity index (χ2v) is 2.18. The third kappa shape index (κ3) is 2.15. The molecule has 1 aliphatic rings. The Kier molecular flexibility index (Phi) is 2.90. The van der Waals surface area contributed by atoms with Crippen molar-refractivity contribution in [3.8, 4) is 0 Å². The molecule has 2 nitrogen and oxygen atoms in total. The molecule has 0 spiro atoms. The van der Waals surface area contributed by atoms with E-state index in [-0.39, 0.29) is 6.61 Å². The van der Waals surface area contributed by atoms with Crippen molar-refractivity contribution in [2.24, 2.45) is 0 Å². The van der Waals surface area contributed by atoms with Gasteiger partial charge in [0.2, 0.25) is 12.4 Å². The summed E-state index contributed by atoms with van der Waals surface area (Å²) in [4.78, 5) is 3.89. The van der Waals surface area contributed by atoms with Crippen LogP contribution in [-0.2, 0) is 0 Å². The summed E-state index contributed by atoms with van der Waals surface area (Å²) in [7, 11) is 0. The van der Waals surface area contributed by atoms with E-state index in [9.17, 15) is 0 Å². The number of aliphatic hydroxyl groups is 1. The van der Waals surface area contributed by atoms with Gasteiger partial charge in [0, 0.05) is 18.8 Å². The summed E-state index contributed by atoms with van der Waals surface area (Å²) in [6.45, 7) is 0.266. The zero-order valence-electron chi connectivity index (χ0n) is 5.83. The lowest BCUT2D eigenvalue weighted by molar-refractivity contribution is 0.289. The summed E-state index contributed by atoms with van der Waals surface area (Å²) >= 11 is 0. The van der Waals surface area contributed by atoms with Gasteiger partial charge in [-0.1, -0.05) is 0 Å². The first-order chi connectivity index (χ1) is 4.93. The van der Waals surface area contributed by atoms with Gasteiger partial charge < -0.3 is 5.11 Å². The van der Waals surface area contributed by atoms with Crippen LogP contribution in [-0.4, -0.2) is 17.9 Å². The Hall–Kier alpha value is -0.890. The highest BCUT2D eigenvalue weighted by Gasteiger charge is 1.98. The SMILES string of the molecule is OCCCC1=CC=[N+]C=C1. The van der Waals surface area contributed by atoms with Gasteiger partial charge in [0.15, 0.2) is 0 Å². The van der Waals surface area contributed by atoms with Crippen molar-refractivity contribution in [2.75, 3.05) is 6.61 Å². The molecule has 0 aromatic rings. The van der Waals surface area contributed by atoms with Gasteiger partial charge in [-0.15, -0.1) is 0 Å². The highest BCUT2D eigenvalue weighted by atomic mass is 16.2. The molecule has 0 aromatic carbocycles. The zero-order valence-corrected chi connectivity index (χ0v) is 5.83. The number of aliphatic imine (C=N–C) groups is 1. The van der Waals surface area contributed by atoms with Crippen LogP contribution in [0.15, 0.2) is 23.9 Å². The van der Waals surface area contributed by atoms with E-state index in [0.717, 1.165) is 12.8 Å². The van der Waals surface area contributed by atoms with E-state index >= 15 is 0 Å². The van der Waals surface area contributed by atoms with Crippen molar-refractivity contribution in [3.05, 3.63) is 23.9 Å². The van der Waals surface area contributed by atoms with E-state index in [1.54, 1.807) is 12.4 Å². The van der Waals surface area contributed by atoms with Crippen molar-refractivity contribution >= 4 is 6.21 Å². The van der Waals surface area contributed by atoms with Crippen molar-refractivity contribution < 1.29 is 5.11 Å². The molecule has 1 aliphatic heterocycles. The van der Waals surface area contributed by atoms with Gasteiger partial charge in [-0.05, 0) is 18.4 Å². The lowest BCUT2D eigenvalue weighted by Crippen LogP contribution is -1.92. The van der Waals surface area contributed by atoms with Gasteiger partial charge in [0.1, 0.15) is 0 Å². The highest BCUT2D eigenvalue weighted by molar-refractivity contribution is 5.73. The molecule has 0 atom stereocenters. The minimum absolute atomic E-state index is 0.266. The predicted molar refractivity (Wildman–Crippen MR) is 41.7 cm³/mol. The van der Waals surface area contributed by atoms with Gasteiger partial charge in [-0.25, -0.2) is 0 Å². The summed E-state index contributed by atoms with van der Waals surface area (Å²) in [5, 5.41) is 8.51. The smallest absolute Gasteiger partial charge is 0.242 e. The Morgan fingerprint density at radius 3 is 3.00 bits per heavy atom. The largest absolute Gasteiger partial charge is 0.396 e. The minimum atomic E-state index is 0.266. The monoisotopic (exact) mass is 137 g/mol. The van der Waals surface area contributed by atoms with Crippen LogP contribution in [0.25, 0.3) is 0 Å². The third-order valence-electron chi connectivity index (χ3n) is 1.37. The maximum Gasteiger partial charge on any atom is 0.242 e. The lowest BCUT2D eigenvalue weighted by atomic mass is 10.1. The van der Waals surface area contributed by atoms with E-state index in [1.165, 1.54) is 5.57 Å². The van der Waals surface area contributed by atoms with Gasteiger partial charge in [0.05, 0.1) is 4.99 Å². The topological polar surface area (TPSA) is 34.3 Å². The second-order valence-electron chi connectivity index (χ2n) is 2.18. The first kappa shape index (κ1) is 7.22. The molecule has 10 heavy (non-hydrogen) atoms. The molecule has 0 amide bonds. The number of hydrogen-bond donors (Lipinski definition) is 1. The van der Waals surface area contributed by atoms with Crippen LogP contribution >= 0.6 is 0 Å². The van der Waals surface area contributed by atoms with Crippen LogP contribution in [0.3, 0.4) is 0 Å². The molecule has 53 valence electrons.